The Labute approximate surface area is 305 Å². The van der Waals surface area contributed by atoms with Crippen LogP contribution in [0.2, 0.25) is 0 Å². The van der Waals surface area contributed by atoms with Crippen molar-refractivity contribution in [3.8, 4) is 5.75 Å². The minimum Gasteiger partial charge on any atom is -0.494 e. The quantitative estimate of drug-likeness (QED) is 0.0654. The monoisotopic (exact) mass is 739 g/mol. The second-order valence-corrected chi connectivity index (χ2v) is 12.2. The molecular formula is C36H57N3O13. The third-order valence-corrected chi connectivity index (χ3v) is 7.46. The van der Waals surface area contributed by atoms with E-state index in [1.165, 1.54) is 12.1 Å². The van der Waals surface area contributed by atoms with Gasteiger partial charge in [0.25, 0.3) is 0 Å². The lowest BCUT2D eigenvalue weighted by Gasteiger charge is -2.14. The predicted molar refractivity (Wildman–Crippen MR) is 189 cm³/mol. The number of carboxylic acid groups (broad SMARTS) is 2. The van der Waals surface area contributed by atoms with Crippen molar-refractivity contribution in [1.82, 2.24) is 16.0 Å². The maximum Gasteiger partial charge on any atom is 0.335 e. The molecule has 16 nitrogen and oxygen atoms in total. The van der Waals surface area contributed by atoms with Gasteiger partial charge in [0.05, 0.1) is 51.8 Å². The van der Waals surface area contributed by atoms with Gasteiger partial charge in [0, 0.05) is 31.8 Å². The van der Waals surface area contributed by atoms with Crippen LogP contribution in [0.3, 0.4) is 0 Å². The van der Waals surface area contributed by atoms with Crippen LogP contribution in [0.4, 0.5) is 0 Å². The SMILES string of the molecule is CC(C)C(=O)COCCOCCNC(=O)COCCOCCNC(=O)CC[C@H](NC(=O)CCCCCCCCOc1ccc(C(=O)O)cc1)C(=O)O. The number of carbonyl (C=O) groups is 6. The highest BCUT2D eigenvalue weighted by molar-refractivity contribution is 5.87. The number of aliphatic carboxylic acids is 1. The first-order valence-electron chi connectivity index (χ1n) is 17.8. The molecule has 1 aromatic carbocycles. The van der Waals surface area contributed by atoms with Crippen LogP contribution in [-0.2, 0) is 42.9 Å². The summed E-state index contributed by atoms with van der Waals surface area (Å²) in [4.78, 5) is 70.1. The molecule has 1 aromatic rings. The Bertz CT molecular complexity index is 1190. The van der Waals surface area contributed by atoms with E-state index in [2.05, 4.69) is 16.0 Å². The van der Waals surface area contributed by atoms with Gasteiger partial charge in [0.1, 0.15) is 25.0 Å². The van der Waals surface area contributed by atoms with Crippen LogP contribution in [0.1, 0.15) is 82.0 Å². The summed E-state index contributed by atoms with van der Waals surface area (Å²) in [6.07, 6.45) is 5.22. The van der Waals surface area contributed by atoms with E-state index in [1.807, 2.05) is 13.8 Å². The van der Waals surface area contributed by atoms with Crippen LogP contribution in [0, 0.1) is 5.92 Å². The zero-order chi connectivity index (χ0) is 38.4. The molecule has 0 radical (unpaired) electrons. The molecule has 294 valence electrons. The summed E-state index contributed by atoms with van der Waals surface area (Å²) in [6.45, 7) is 6.08. The molecule has 0 bridgehead atoms. The summed E-state index contributed by atoms with van der Waals surface area (Å²) >= 11 is 0. The first kappa shape index (κ1) is 45.9. The Balaban J connectivity index is 1.97. The van der Waals surface area contributed by atoms with Gasteiger partial charge >= 0.3 is 11.9 Å². The first-order valence-corrected chi connectivity index (χ1v) is 17.8. The third kappa shape index (κ3) is 24.9. The summed E-state index contributed by atoms with van der Waals surface area (Å²) in [5.41, 5.74) is 0.208. The molecule has 0 aliphatic carbocycles. The maximum atomic E-state index is 12.3. The van der Waals surface area contributed by atoms with E-state index in [0.717, 1.165) is 32.1 Å². The van der Waals surface area contributed by atoms with Crippen molar-refractivity contribution in [1.29, 1.82) is 0 Å². The number of rotatable bonds is 33. The van der Waals surface area contributed by atoms with Gasteiger partial charge in [0.2, 0.25) is 17.7 Å². The number of aromatic carboxylic acids is 1. The Morgan fingerprint density at radius 1 is 0.615 bits per heavy atom. The highest BCUT2D eigenvalue weighted by Gasteiger charge is 2.20. The lowest BCUT2D eigenvalue weighted by Crippen LogP contribution is -2.41. The zero-order valence-electron chi connectivity index (χ0n) is 30.5. The van der Waals surface area contributed by atoms with Crippen LogP contribution in [0.15, 0.2) is 24.3 Å². The Morgan fingerprint density at radius 3 is 1.77 bits per heavy atom. The molecule has 0 aromatic heterocycles. The normalized spacial score (nSPS) is 11.5. The van der Waals surface area contributed by atoms with Gasteiger partial charge in [-0.15, -0.1) is 0 Å². The number of carboxylic acids is 2. The first-order chi connectivity index (χ1) is 25.0. The number of nitrogens with one attached hydrogen (secondary N) is 3. The topological polar surface area (TPSA) is 225 Å². The van der Waals surface area contributed by atoms with E-state index in [1.54, 1.807) is 12.1 Å². The standard InChI is InChI=1S/C36H57N3O13/c1-27(2)31(40)25-50-23-21-49-20-17-38-34(43)26-51-24-22-48-19-16-37-32(41)15-14-30(36(46)47)39-33(42)9-7-5-3-4-6-8-18-52-29-12-10-28(11-13-29)35(44)45/h10-13,27,30H,3-9,14-26H2,1-2H3,(H,37,41)(H,38,43)(H,39,42)(H,44,45)(H,46,47)/t30-/m0/s1. The predicted octanol–water partition coefficient (Wildman–Crippen LogP) is 2.37. The van der Waals surface area contributed by atoms with Crippen molar-refractivity contribution in [3.05, 3.63) is 29.8 Å². The molecule has 0 saturated heterocycles. The van der Waals surface area contributed by atoms with Gasteiger partial charge in [-0.1, -0.05) is 39.5 Å². The molecule has 3 amide bonds. The average molecular weight is 740 g/mol. The highest BCUT2D eigenvalue weighted by atomic mass is 16.5. The molecule has 1 atom stereocenters. The fourth-order valence-corrected chi connectivity index (χ4v) is 4.39. The summed E-state index contributed by atoms with van der Waals surface area (Å²) in [5.74, 6) is -2.63. The van der Waals surface area contributed by atoms with Crippen molar-refractivity contribution in [2.75, 3.05) is 72.6 Å². The molecule has 16 heteroatoms. The molecule has 0 spiro atoms. The minimum absolute atomic E-state index is 0.0332. The molecule has 1 rings (SSSR count). The van der Waals surface area contributed by atoms with E-state index in [-0.39, 0.29) is 93.8 Å². The molecule has 0 unspecified atom stereocenters. The zero-order valence-corrected chi connectivity index (χ0v) is 30.5. The summed E-state index contributed by atoms with van der Waals surface area (Å²) in [5, 5.41) is 26.2. The second kappa shape index (κ2) is 29.5. The molecule has 52 heavy (non-hydrogen) atoms. The summed E-state index contributed by atoms with van der Waals surface area (Å²) < 4.78 is 26.8. The number of carbonyl (C=O) groups excluding carboxylic acids is 4. The molecular weight excluding hydrogens is 682 g/mol. The van der Waals surface area contributed by atoms with Gasteiger partial charge in [-0.25, -0.2) is 9.59 Å². The van der Waals surface area contributed by atoms with Gasteiger partial charge in [-0.2, -0.15) is 0 Å². The fraction of sp³-hybridized carbons (Fsp3) is 0.667. The van der Waals surface area contributed by atoms with Gasteiger partial charge in [-0.05, 0) is 43.5 Å². The van der Waals surface area contributed by atoms with Gasteiger partial charge in [0.15, 0.2) is 5.78 Å². The minimum atomic E-state index is -1.20. The van der Waals surface area contributed by atoms with Crippen LogP contribution < -0.4 is 20.7 Å². The van der Waals surface area contributed by atoms with Crippen LogP contribution in [-0.4, -0.2) is 124 Å². The molecule has 5 N–H and O–H groups in total. The van der Waals surface area contributed by atoms with Crippen LogP contribution in [0.25, 0.3) is 0 Å². The van der Waals surface area contributed by atoms with E-state index in [0.29, 0.717) is 45.1 Å². The Kier molecular flexibility index (Phi) is 26.0. The van der Waals surface area contributed by atoms with Crippen molar-refractivity contribution in [3.63, 3.8) is 0 Å². The van der Waals surface area contributed by atoms with Crippen LogP contribution in [0.5, 0.6) is 5.75 Å². The molecule has 0 aliphatic rings. The average Bonchev–Trinajstić information content (AvgIpc) is 3.11. The van der Waals surface area contributed by atoms with Crippen molar-refractivity contribution < 1.29 is 62.7 Å². The van der Waals surface area contributed by atoms with Gasteiger partial charge < -0.3 is 49.8 Å². The lowest BCUT2D eigenvalue weighted by molar-refractivity contribution is -0.142. The van der Waals surface area contributed by atoms with E-state index in [4.69, 9.17) is 28.8 Å². The van der Waals surface area contributed by atoms with E-state index >= 15 is 0 Å². The summed E-state index contributed by atoms with van der Waals surface area (Å²) in [7, 11) is 0. The molecule has 0 fully saturated rings. The molecule has 0 heterocycles. The number of hydrogen-bond acceptors (Lipinski definition) is 11. The van der Waals surface area contributed by atoms with Crippen molar-refractivity contribution >= 4 is 35.4 Å². The van der Waals surface area contributed by atoms with E-state index < -0.39 is 18.0 Å². The smallest absolute Gasteiger partial charge is 0.335 e. The number of Topliss-reactive ketones (excluding diaryl/α,β-unsaturated/α-hetero) is 1. The third-order valence-electron chi connectivity index (χ3n) is 7.46. The number of ketones is 1. The number of benzene rings is 1. The Morgan fingerprint density at radius 2 is 1.17 bits per heavy atom. The number of hydrogen-bond donors (Lipinski definition) is 5. The van der Waals surface area contributed by atoms with Crippen molar-refractivity contribution in [2.24, 2.45) is 5.92 Å². The number of ether oxygens (including phenoxy) is 5. The van der Waals surface area contributed by atoms with Gasteiger partial charge in [-0.3, -0.25) is 19.2 Å². The van der Waals surface area contributed by atoms with Crippen molar-refractivity contribution in [2.45, 2.75) is 77.7 Å². The van der Waals surface area contributed by atoms with E-state index in [9.17, 15) is 33.9 Å². The van der Waals surface area contributed by atoms with Crippen LogP contribution >= 0.6 is 0 Å². The largest absolute Gasteiger partial charge is 0.494 e. The Hall–Kier alpha value is -4.12. The number of unbranched alkanes of at least 4 members (excludes halogenated alkanes) is 5. The molecule has 0 aliphatic heterocycles. The highest BCUT2D eigenvalue weighted by Crippen LogP contribution is 2.14. The second-order valence-electron chi connectivity index (χ2n) is 12.2. The summed E-state index contributed by atoms with van der Waals surface area (Å²) in [6, 6.07) is 5.09. The lowest BCUT2D eigenvalue weighted by atomic mass is 10.1. The fourth-order valence-electron chi connectivity index (χ4n) is 4.39. The maximum absolute atomic E-state index is 12.3. The number of amides is 3. The molecule has 0 saturated carbocycles.